The van der Waals surface area contributed by atoms with Crippen molar-refractivity contribution in [2.45, 2.75) is 13.0 Å². The van der Waals surface area contributed by atoms with Crippen LogP contribution in [0.2, 0.25) is 0 Å². The fraction of sp³-hybridized carbons (Fsp3) is 0.179. The number of amides is 1. The highest BCUT2D eigenvalue weighted by molar-refractivity contribution is 7.17. The number of nitrogens with one attached hydrogen (secondary N) is 1. The minimum absolute atomic E-state index is 0.0965. The van der Waals surface area contributed by atoms with Crippen LogP contribution in [0.15, 0.2) is 77.2 Å². The molecular formula is C28H25N3O4S. The summed E-state index contributed by atoms with van der Waals surface area (Å²) in [7, 11) is 3.18. The maximum Gasteiger partial charge on any atom is 0.263 e. The summed E-state index contributed by atoms with van der Waals surface area (Å²) in [6.45, 7) is 0.334. The molecule has 0 saturated heterocycles. The van der Waals surface area contributed by atoms with Gasteiger partial charge in [-0.2, -0.15) is 0 Å². The number of fused-ring (bicyclic) bond motifs is 2. The molecule has 0 aliphatic heterocycles. The predicted octanol–water partition coefficient (Wildman–Crippen LogP) is 4.65. The van der Waals surface area contributed by atoms with E-state index in [4.69, 9.17) is 9.47 Å². The number of ether oxygens (including phenoxy) is 2. The molecule has 0 spiro atoms. The normalized spacial score (nSPS) is 11.1. The van der Waals surface area contributed by atoms with Crippen LogP contribution in [-0.2, 0) is 17.8 Å². The van der Waals surface area contributed by atoms with Gasteiger partial charge in [-0.25, -0.2) is 4.98 Å². The standard InChI is InChI=1S/C28H25N3O4S/c1-34-23-10-7-18(13-24(23)35-2)11-12-29-25(32)15-31-17-30-27-26(28(31)33)22(16-36-27)21-9-8-19-5-3-4-6-20(19)14-21/h3-10,13-14,16-17H,11-12,15H2,1-2H3,(H,29,32). The van der Waals surface area contributed by atoms with Crippen molar-refractivity contribution in [1.82, 2.24) is 14.9 Å². The quantitative estimate of drug-likeness (QED) is 0.336. The molecule has 182 valence electrons. The first-order valence-electron chi connectivity index (χ1n) is 11.5. The molecule has 7 nitrogen and oxygen atoms in total. The van der Waals surface area contributed by atoms with Gasteiger partial charge in [-0.3, -0.25) is 14.2 Å². The lowest BCUT2D eigenvalue weighted by Crippen LogP contribution is -2.33. The van der Waals surface area contributed by atoms with E-state index in [1.807, 2.05) is 41.8 Å². The molecule has 2 aromatic heterocycles. The Morgan fingerprint density at radius 3 is 2.61 bits per heavy atom. The summed E-state index contributed by atoms with van der Waals surface area (Å²) in [5.74, 6) is 1.05. The number of rotatable bonds is 8. The number of hydrogen-bond acceptors (Lipinski definition) is 6. The molecule has 0 aliphatic carbocycles. The fourth-order valence-corrected chi connectivity index (χ4v) is 5.15. The van der Waals surface area contributed by atoms with Crippen molar-refractivity contribution in [1.29, 1.82) is 0 Å². The molecule has 2 heterocycles. The van der Waals surface area contributed by atoms with E-state index >= 15 is 0 Å². The Kier molecular flexibility index (Phi) is 6.69. The van der Waals surface area contributed by atoms with Crippen LogP contribution in [0.4, 0.5) is 0 Å². The van der Waals surface area contributed by atoms with Crippen LogP contribution in [-0.4, -0.2) is 36.2 Å². The third-order valence-electron chi connectivity index (χ3n) is 6.12. The Labute approximate surface area is 211 Å². The van der Waals surface area contributed by atoms with Crippen LogP contribution in [0.25, 0.3) is 32.1 Å². The number of nitrogens with zero attached hydrogens (tertiary/aromatic N) is 2. The zero-order valence-electron chi connectivity index (χ0n) is 20.0. The highest BCUT2D eigenvalue weighted by Gasteiger charge is 2.15. The Hall–Kier alpha value is -4.17. The van der Waals surface area contributed by atoms with Gasteiger partial charge in [0.2, 0.25) is 5.91 Å². The van der Waals surface area contributed by atoms with Crippen LogP contribution in [0.5, 0.6) is 11.5 Å². The van der Waals surface area contributed by atoms with Crippen LogP contribution >= 0.6 is 11.3 Å². The van der Waals surface area contributed by atoms with E-state index in [-0.39, 0.29) is 18.0 Å². The van der Waals surface area contributed by atoms with Gasteiger partial charge >= 0.3 is 0 Å². The molecule has 0 saturated carbocycles. The van der Waals surface area contributed by atoms with Gasteiger partial charge in [0.1, 0.15) is 11.4 Å². The molecule has 36 heavy (non-hydrogen) atoms. The molecule has 0 aliphatic rings. The van der Waals surface area contributed by atoms with E-state index in [0.717, 1.165) is 27.5 Å². The van der Waals surface area contributed by atoms with Crippen LogP contribution in [0.1, 0.15) is 5.56 Å². The second-order valence-corrected chi connectivity index (χ2v) is 9.22. The summed E-state index contributed by atoms with van der Waals surface area (Å²) >= 11 is 1.43. The molecule has 5 aromatic rings. The van der Waals surface area contributed by atoms with Crippen LogP contribution < -0.4 is 20.3 Å². The lowest BCUT2D eigenvalue weighted by molar-refractivity contribution is -0.121. The maximum absolute atomic E-state index is 13.3. The number of methoxy groups -OCH3 is 2. The Bertz CT molecular complexity index is 1620. The molecule has 1 amide bonds. The number of thiophene rings is 1. The molecule has 8 heteroatoms. The summed E-state index contributed by atoms with van der Waals surface area (Å²) in [5, 5.41) is 7.62. The third-order valence-corrected chi connectivity index (χ3v) is 7.01. The van der Waals surface area contributed by atoms with Gasteiger partial charge in [0.15, 0.2) is 11.5 Å². The van der Waals surface area contributed by atoms with Crippen molar-refractivity contribution in [2.24, 2.45) is 0 Å². The molecule has 3 aromatic carbocycles. The SMILES string of the molecule is COc1ccc(CCNC(=O)Cn2cnc3scc(-c4ccc5ccccc5c4)c3c2=O)cc1OC. The molecule has 5 rings (SSSR count). The highest BCUT2D eigenvalue weighted by atomic mass is 32.1. The summed E-state index contributed by atoms with van der Waals surface area (Å²) < 4.78 is 12.0. The van der Waals surface area contributed by atoms with Crippen molar-refractivity contribution in [3.8, 4) is 22.6 Å². The van der Waals surface area contributed by atoms with Crippen molar-refractivity contribution < 1.29 is 14.3 Å². The Morgan fingerprint density at radius 1 is 1.00 bits per heavy atom. The highest BCUT2D eigenvalue weighted by Crippen LogP contribution is 2.32. The van der Waals surface area contributed by atoms with E-state index in [1.165, 1.54) is 22.2 Å². The van der Waals surface area contributed by atoms with Gasteiger partial charge in [-0.05, 0) is 46.5 Å². The van der Waals surface area contributed by atoms with Gasteiger partial charge in [-0.1, -0.05) is 42.5 Å². The average molecular weight is 500 g/mol. The minimum atomic E-state index is -0.249. The first kappa shape index (κ1) is 23.6. The van der Waals surface area contributed by atoms with E-state index in [0.29, 0.717) is 34.7 Å². The van der Waals surface area contributed by atoms with Crippen molar-refractivity contribution in [3.05, 3.63) is 88.3 Å². The first-order valence-corrected chi connectivity index (χ1v) is 12.4. The van der Waals surface area contributed by atoms with Gasteiger partial charge < -0.3 is 14.8 Å². The molecule has 0 fully saturated rings. The lowest BCUT2D eigenvalue weighted by Gasteiger charge is -2.10. The van der Waals surface area contributed by atoms with Crippen molar-refractivity contribution >= 4 is 38.2 Å². The second-order valence-electron chi connectivity index (χ2n) is 8.36. The molecule has 0 bridgehead atoms. The minimum Gasteiger partial charge on any atom is -0.493 e. The number of aromatic nitrogens is 2. The monoisotopic (exact) mass is 499 g/mol. The molecule has 0 radical (unpaired) electrons. The van der Waals surface area contributed by atoms with Gasteiger partial charge in [0.05, 0.1) is 25.9 Å². The number of hydrogen-bond donors (Lipinski definition) is 1. The smallest absolute Gasteiger partial charge is 0.263 e. The van der Waals surface area contributed by atoms with E-state index in [2.05, 4.69) is 34.6 Å². The van der Waals surface area contributed by atoms with E-state index < -0.39 is 0 Å². The third kappa shape index (κ3) is 4.67. The molecule has 0 atom stereocenters. The Balaban J connectivity index is 1.31. The molecular weight excluding hydrogens is 474 g/mol. The van der Waals surface area contributed by atoms with Gasteiger partial charge in [-0.15, -0.1) is 11.3 Å². The van der Waals surface area contributed by atoms with E-state index in [9.17, 15) is 9.59 Å². The van der Waals surface area contributed by atoms with Crippen LogP contribution in [0.3, 0.4) is 0 Å². The summed E-state index contributed by atoms with van der Waals surface area (Å²) in [5.41, 5.74) is 2.57. The Morgan fingerprint density at radius 2 is 1.81 bits per heavy atom. The van der Waals surface area contributed by atoms with Crippen molar-refractivity contribution in [2.75, 3.05) is 20.8 Å². The van der Waals surface area contributed by atoms with E-state index in [1.54, 1.807) is 14.2 Å². The van der Waals surface area contributed by atoms with Gasteiger partial charge in [0.25, 0.3) is 5.56 Å². The fourth-order valence-electron chi connectivity index (χ4n) is 4.24. The first-order chi connectivity index (χ1) is 17.6. The van der Waals surface area contributed by atoms with Crippen LogP contribution in [0, 0.1) is 0 Å². The zero-order valence-corrected chi connectivity index (χ0v) is 20.8. The summed E-state index contributed by atoms with van der Waals surface area (Å²) in [4.78, 5) is 31.0. The summed E-state index contributed by atoms with van der Waals surface area (Å²) in [6, 6.07) is 19.9. The predicted molar refractivity (Wildman–Crippen MR) is 143 cm³/mol. The largest absolute Gasteiger partial charge is 0.493 e. The number of benzene rings is 3. The summed E-state index contributed by atoms with van der Waals surface area (Å²) in [6.07, 6.45) is 2.06. The molecule has 0 unspecified atom stereocenters. The average Bonchev–Trinajstić information content (AvgIpc) is 3.35. The van der Waals surface area contributed by atoms with Crippen molar-refractivity contribution in [3.63, 3.8) is 0 Å². The van der Waals surface area contributed by atoms with Gasteiger partial charge in [0, 0.05) is 17.5 Å². The maximum atomic E-state index is 13.3. The number of carbonyl (C=O) groups is 1. The molecule has 1 N–H and O–H groups in total. The topological polar surface area (TPSA) is 82.5 Å². The lowest BCUT2D eigenvalue weighted by atomic mass is 10.0. The number of carbonyl (C=O) groups excluding carboxylic acids is 1. The zero-order chi connectivity index (χ0) is 25.1. The second kappa shape index (κ2) is 10.2.